The number of nitriles is 2. The lowest BCUT2D eigenvalue weighted by Crippen LogP contribution is -2.16. The second-order valence-corrected chi connectivity index (χ2v) is 4.56. The maximum absolute atomic E-state index is 13.0. The van der Waals surface area contributed by atoms with E-state index in [2.05, 4.69) is 9.69 Å². The summed E-state index contributed by atoms with van der Waals surface area (Å²) in [5.74, 6) is 0. The third kappa shape index (κ3) is 2.75. The van der Waals surface area contributed by atoms with Crippen molar-refractivity contribution >= 4 is 22.2 Å². The highest BCUT2D eigenvalue weighted by Gasteiger charge is 2.30. The average Bonchev–Trinajstić information content (AvgIpc) is 2.57. The normalized spacial score (nSPS) is 13.1. The molecule has 0 heterocycles. The third-order valence-electron chi connectivity index (χ3n) is 3.29. The summed E-state index contributed by atoms with van der Waals surface area (Å²) in [6.45, 7) is 14.0. The van der Waals surface area contributed by atoms with E-state index in [9.17, 15) is 13.2 Å². The summed E-state index contributed by atoms with van der Waals surface area (Å²) in [5.41, 5.74) is -1.60. The quantitative estimate of drug-likeness (QED) is 0.700. The topological polar surface area (TPSA) is 56.3 Å². The SMILES string of the molecule is [C-]#[N+]C(C#N)=c1ccc(=C(C#N)[N+]#[C-])c2cc(C(F)(F)F)ccc12. The minimum atomic E-state index is -4.60. The fourth-order valence-electron chi connectivity index (χ4n) is 2.23. The fourth-order valence-corrected chi connectivity index (χ4v) is 2.23. The molecule has 0 aliphatic carbocycles. The summed E-state index contributed by atoms with van der Waals surface area (Å²) in [4.78, 5) is 6.09. The first kappa shape index (κ1) is 16.6. The van der Waals surface area contributed by atoms with Crippen molar-refractivity contribution in [1.82, 2.24) is 0 Å². The van der Waals surface area contributed by atoms with Crippen LogP contribution in [0.4, 0.5) is 13.2 Å². The highest BCUT2D eigenvalue weighted by Crippen LogP contribution is 2.30. The van der Waals surface area contributed by atoms with Crippen molar-refractivity contribution in [2.24, 2.45) is 0 Å². The predicted octanol–water partition coefficient (Wildman–Crippen LogP) is 2.96. The Morgan fingerprint density at radius 1 is 0.875 bits per heavy atom. The minimum absolute atomic E-state index is 0.00808. The zero-order chi connectivity index (χ0) is 17.9. The van der Waals surface area contributed by atoms with E-state index in [1.54, 1.807) is 12.1 Å². The van der Waals surface area contributed by atoms with Crippen LogP contribution in [0.15, 0.2) is 30.3 Å². The van der Waals surface area contributed by atoms with Gasteiger partial charge in [0.2, 0.25) is 0 Å². The Morgan fingerprint density at radius 2 is 1.38 bits per heavy atom. The van der Waals surface area contributed by atoms with E-state index in [0.717, 1.165) is 18.2 Å². The molecule has 0 aliphatic rings. The summed E-state index contributed by atoms with van der Waals surface area (Å²) in [5, 5.41) is 18.4. The van der Waals surface area contributed by atoms with Crippen LogP contribution >= 0.6 is 0 Å². The lowest BCUT2D eigenvalue weighted by molar-refractivity contribution is -0.137. The highest BCUT2D eigenvalue weighted by atomic mass is 19.4. The molecule has 0 atom stereocenters. The van der Waals surface area contributed by atoms with Crippen LogP contribution in [0.2, 0.25) is 0 Å². The van der Waals surface area contributed by atoms with Gasteiger partial charge in [-0.1, -0.05) is 18.2 Å². The lowest BCUT2D eigenvalue weighted by atomic mass is 10.0. The summed E-state index contributed by atoms with van der Waals surface area (Å²) in [7, 11) is 0. The Labute approximate surface area is 134 Å². The second-order valence-electron chi connectivity index (χ2n) is 4.56. The van der Waals surface area contributed by atoms with Crippen molar-refractivity contribution in [3.8, 4) is 12.1 Å². The molecule has 2 rings (SSSR count). The molecule has 0 aromatic heterocycles. The molecular weight excluding hydrogens is 317 g/mol. The summed E-state index contributed by atoms with van der Waals surface area (Å²) >= 11 is 0. The standard InChI is InChI=1S/C17H5F3N4/c1-23-15(8-21)12-5-6-13(16(9-22)24-2)14-7-10(17(18,19)20)3-4-11(12)14/h3-7H. The van der Waals surface area contributed by atoms with Gasteiger partial charge in [-0.15, -0.1) is 0 Å². The summed E-state index contributed by atoms with van der Waals surface area (Å²) in [6.07, 6.45) is -4.60. The monoisotopic (exact) mass is 322 g/mol. The Morgan fingerprint density at radius 3 is 1.79 bits per heavy atom. The first-order chi connectivity index (χ1) is 11.4. The smallest absolute Gasteiger partial charge is 0.226 e. The number of hydrogen-bond donors (Lipinski definition) is 0. The van der Waals surface area contributed by atoms with Crippen LogP contribution in [0, 0.1) is 35.8 Å². The van der Waals surface area contributed by atoms with Gasteiger partial charge in [-0.2, -0.15) is 13.2 Å². The number of halogens is 3. The van der Waals surface area contributed by atoms with Crippen LogP contribution in [-0.2, 0) is 6.18 Å². The number of benzene rings is 2. The van der Waals surface area contributed by atoms with E-state index >= 15 is 0 Å². The van der Waals surface area contributed by atoms with E-state index in [1.165, 1.54) is 12.1 Å². The molecule has 0 spiro atoms. The molecule has 0 amide bonds. The van der Waals surface area contributed by atoms with Crippen LogP contribution in [-0.4, -0.2) is 0 Å². The molecule has 24 heavy (non-hydrogen) atoms. The van der Waals surface area contributed by atoms with Crippen molar-refractivity contribution in [2.75, 3.05) is 0 Å². The van der Waals surface area contributed by atoms with Gasteiger partial charge < -0.3 is 0 Å². The molecular formula is C17H5F3N4. The van der Waals surface area contributed by atoms with Gasteiger partial charge in [0, 0.05) is 0 Å². The van der Waals surface area contributed by atoms with E-state index in [4.69, 9.17) is 23.7 Å². The first-order valence-corrected chi connectivity index (χ1v) is 6.31. The molecule has 4 nitrogen and oxygen atoms in total. The zero-order valence-corrected chi connectivity index (χ0v) is 11.8. The summed E-state index contributed by atoms with van der Waals surface area (Å²) in [6, 6.07) is 8.74. The van der Waals surface area contributed by atoms with Crippen LogP contribution in [0.5, 0.6) is 0 Å². The van der Waals surface area contributed by atoms with E-state index in [1.807, 2.05) is 0 Å². The molecule has 2 aromatic carbocycles. The second kappa shape index (κ2) is 6.13. The molecule has 0 fully saturated rings. The molecule has 0 unspecified atom stereocenters. The lowest BCUT2D eigenvalue weighted by Gasteiger charge is -2.09. The Balaban J connectivity index is 3.21. The van der Waals surface area contributed by atoms with E-state index in [0.29, 0.717) is 0 Å². The number of hydrogen-bond acceptors (Lipinski definition) is 2. The first-order valence-electron chi connectivity index (χ1n) is 6.31. The van der Waals surface area contributed by atoms with Crippen molar-refractivity contribution in [2.45, 2.75) is 6.18 Å². The zero-order valence-electron chi connectivity index (χ0n) is 11.8. The molecule has 0 saturated heterocycles. The van der Waals surface area contributed by atoms with Crippen LogP contribution in [0.3, 0.4) is 0 Å². The van der Waals surface area contributed by atoms with Crippen LogP contribution in [0.1, 0.15) is 5.56 Å². The Hall–Kier alpha value is -3.81. The molecule has 114 valence electrons. The van der Waals surface area contributed by atoms with Crippen molar-refractivity contribution < 1.29 is 13.2 Å². The highest BCUT2D eigenvalue weighted by molar-refractivity contribution is 5.91. The largest absolute Gasteiger partial charge is 0.416 e. The van der Waals surface area contributed by atoms with E-state index in [-0.39, 0.29) is 32.6 Å². The molecule has 0 N–H and O–H groups in total. The van der Waals surface area contributed by atoms with Gasteiger partial charge in [0.25, 0.3) is 11.4 Å². The van der Waals surface area contributed by atoms with Gasteiger partial charge in [0.1, 0.15) is 0 Å². The van der Waals surface area contributed by atoms with Gasteiger partial charge in [-0.3, -0.25) is 0 Å². The van der Waals surface area contributed by atoms with Gasteiger partial charge in [0.15, 0.2) is 0 Å². The molecule has 0 aliphatic heterocycles. The van der Waals surface area contributed by atoms with Crippen molar-refractivity contribution in [3.63, 3.8) is 0 Å². The van der Waals surface area contributed by atoms with Gasteiger partial charge in [0.05, 0.1) is 30.8 Å². The van der Waals surface area contributed by atoms with E-state index < -0.39 is 11.7 Å². The average molecular weight is 322 g/mol. The third-order valence-corrected chi connectivity index (χ3v) is 3.29. The predicted molar refractivity (Wildman–Crippen MR) is 79.4 cm³/mol. The van der Waals surface area contributed by atoms with Crippen LogP contribution in [0.25, 0.3) is 31.9 Å². The molecule has 0 bridgehead atoms. The molecule has 7 heteroatoms. The Bertz CT molecular complexity index is 1100. The Kier molecular flexibility index (Phi) is 4.23. The van der Waals surface area contributed by atoms with Crippen LogP contribution < -0.4 is 10.4 Å². The van der Waals surface area contributed by atoms with Gasteiger partial charge in [-0.25, -0.2) is 20.2 Å². The van der Waals surface area contributed by atoms with Crippen molar-refractivity contribution in [1.29, 1.82) is 10.5 Å². The molecule has 0 saturated carbocycles. The molecule has 2 aromatic rings. The fraction of sp³-hybridized carbons (Fsp3) is 0.0588. The number of rotatable bonds is 0. The van der Waals surface area contributed by atoms with Crippen molar-refractivity contribution in [3.05, 3.63) is 69.2 Å². The number of fused-ring (bicyclic) bond motifs is 1. The molecule has 0 radical (unpaired) electrons. The summed E-state index contributed by atoms with van der Waals surface area (Å²) < 4.78 is 38.9. The maximum atomic E-state index is 13.0. The van der Waals surface area contributed by atoms with Gasteiger partial charge >= 0.3 is 6.18 Å². The van der Waals surface area contributed by atoms with Gasteiger partial charge in [-0.05, 0) is 33.3 Å². The number of alkyl halides is 3. The number of nitrogens with zero attached hydrogens (tertiary/aromatic N) is 4. The minimum Gasteiger partial charge on any atom is -0.226 e. The maximum Gasteiger partial charge on any atom is 0.416 e.